The smallest absolute Gasteiger partial charge is 0.223 e. The Labute approximate surface area is 143 Å². The molecule has 0 saturated carbocycles. The number of benzene rings is 1. The second-order valence-corrected chi connectivity index (χ2v) is 6.92. The third kappa shape index (κ3) is 5.65. The van der Waals surface area contributed by atoms with Gasteiger partial charge >= 0.3 is 0 Å². The lowest BCUT2D eigenvalue weighted by molar-refractivity contribution is -0.132. The maximum Gasteiger partial charge on any atom is 0.223 e. The number of hydrogen-bond donors (Lipinski definition) is 0. The van der Waals surface area contributed by atoms with Gasteiger partial charge in [0.25, 0.3) is 0 Å². The van der Waals surface area contributed by atoms with Crippen LogP contribution < -0.4 is 9.47 Å². The number of thioether (sulfide) groups is 1. The molecule has 2 rings (SSSR count). The predicted molar refractivity (Wildman–Crippen MR) is 95.5 cm³/mol. The average Bonchev–Trinajstić information content (AvgIpc) is 2.58. The summed E-state index contributed by atoms with van der Waals surface area (Å²) in [4.78, 5) is 14.1. The fourth-order valence-corrected chi connectivity index (χ4v) is 3.29. The summed E-state index contributed by atoms with van der Waals surface area (Å²) in [6, 6.07) is 7.79. The van der Waals surface area contributed by atoms with E-state index >= 15 is 0 Å². The minimum atomic E-state index is 0.158. The van der Waals surface area contributed by atoms with E-state index in [-0.39, 0.29) is 12.0 Å². The van der Waals surface area contributed by atoms with E-state index in [1.807, 2.05) is 47.9 Å². The van der Waals surface area contributed by atoms with E-state index in [9.17, 15) is 4.79 Å². The third-order valence-corrected chi connectivity index (χ3v) is 4.80. The van der Waals surface area contributed by atoms with Crippen LogP contribution in [0.2, 0.25) is 0 Å². The van der Waals surface area contributed by atoms with Crippen molar-refractivity contribution in [2.45, 2.75) is 39.2 Å². The highest BCUT2D eigenvalue weighted by Gasteiger charge is 2.24. The minimum absolute atomic E-state index is 0.158. The number of piperidine rings is 1. The van der Waals surface area contributed by atoms with Gasteiger partial charge in [-0.25, -0.2) is 0 Å². The largest absolute Gasteiger partial charge is 0.490 e. The van der Waals surface area contributed by atoms with Crippen LogP contribution in [0.3, 0.4) is 0 Å². The Hall–Kier alpha value is -1.36. The summed E-state index contributed by atoms with van der Waals surface area (Å²) >= 11 is 1.82. The molecule has 0 bridgehead atoms. The molecular weight excluding hydrogens is 310 g/mol. The number of carbonyl (C=O) groups excluding carboxylic acids is 1. The first-order valence-electron chi connectivity index (χ1n) is 8.48. The monoisotopic (exact) mass is 337 g/mol. The highest BCUT2D eigenvalue weighted by Crippen LogP contribution is 2.29. The molecule has 1 heterocycles. The number of hydrogen-bond acceptors (Lipinski definition) is 4. The van der Waals surface area contributed by atoms with Gasteiger partial charge in [0, 0.05) is 38.1 Å². The van der Waals surface area contributed by atoms with Crippen LogP contribution >= 0.6 is 11.8 Å². The number of para-hydroxylation sites is 2. The molecule has 5 heteroatoms. The molecule has 0 unspecified atom stereocenters. The van der Waals surface area contributed by atoms with Gasteiger partial charge in [0.05, 0.1) is 6.61 Å². The Morgan fingerprint density at radius 2 is 1.91 bits per heavy atom. The Morgan fingerprint density at radius 3 is 2.57 bits per heavy atom. The zero-order valence-corrected chi connectivity index (χ0v) is 14.9. The van der Waals surface area contributed by atoms with Crippen LogP contribution in [0.15, 0.2) is 24.3 Å². The fourth-order valence-electron chi connectivity index (χ4n) is 2.69. The first kappa shape index (κ1) is 18.0. The number of likely N-dealkylation sites (tertiary alicyclic amines) is 1. The maximum atomic E-state index is 12.1. The predicted octanol–water partition coefficient (Wildman–Crippen LogP) is 3.60. The van der Waals surface area contributed by atoms with Crippen molar-refractivity contribution in [3.8, 4) is 11.5 Å². The second-order valence-electron chi connectivity index (χ2n) is 5.52. The van der Waals surface area contributed by atoms with Crippen LogP contribution in [0.4, 0.5) is 0 Å². The topological polar surface area (TPSA) is 38.8 Å². The lowest BCUT2D eigenvalue weighted by atomic mass is 10.1. The first-order valence-corrected chi connectivity index (χ1v) is 9.64. The van der Waals surface area contributed by atoms with E-state index < -0.39 is 0 Å². The molecule has 1 aromatic carbocycles. The molecule has 1 fully saturated rings. The van der Waals surface area contributed by atoms with Crippen molar-refractivity contribution in [3.05, 3.63) is 24.3 Å². The van der Waals surface area contributed by atoms with Gasteiger partial charge in [0.2, 0.25) is 5.91 Å². The Bertz CT molecular complexity index is 487. The van der Waals surface area contributed by atoms with Crippen LogP contribution in [0.1, 0.15) is 33.1 Å². The summed E-state index contributed by atoms with van der Waals surface area (Å²) in [5, 5.41) is 0. The molecule has 0 radical (unpaired) electrons. The molecule has 1 saturated heterocycles. The van der Waals surface area contributed by atoms with Crippen LogP contribution in [0.25, 0.3) is 0 Å². The van der Waals surface area contributed by atoms with E-state index in [1.165, 1.54) is 0 Å². The van der Waals surface area contributed by atoms with E-state index in [2.05, 4.69) is 6.92 Å². The molecule has 1 amide bonds. The van der Waals surface area contributed by atoms with Crippen molar-refractivity contribution in [1.82, 2.24) is 4.90 Å². The van der Waals surface area contributed by atoms with Crippen molar-refractivity contribution in [1.29, 1.82) is 0 Å². The number of rotatable bonds is 8. The summed E-state index contributed by atoms with van der Waals surface area (Å²) < 4.78 is 11.7. The summed E-state index contributed by atoms with van der Waals surface area (Å²) in [7, 11) is 0. The number of amides is 1. The van der Waals surface area contributed by atoms with Crippen LogP contribution in [-0.4, -0.2) is 48.1 Å². The van der Waals surface area contributed by atoms with Crippen LogP contribution in [0.5, 0.6) is 11.5 Å². The third-order valence-electron chi connectivity index (χ3n) is 3.90. The Balaban J connectivity index is 1.80. The first-order chi connectivity index (χ1) is 11.2. The number of carbonyl (C=O) groups is 1. The highest BCUT2D eigenvalue weighted by molar-refractivity contribution is 7.99. The molecule has 0 N–H and O–H groups in total. The van der Waals surface area contributed by atoms with Gasteiger partial charge < -0.3 is 14.4 Å². The molecule has 1 aromatic rings. The van der Waals surface area contributed by atoms with Gasteiger partial charge in [-0.05, 0) is 24.8 Å². The van der Waals surface area contributed by atoms with Crippen molar-refractivity contribution < 1.29 is 14.3 Å². The SMILES string of the molecule is CCOc1ccccc1OC1CCN(C(=O)CCSCC)CC1. The second kappa shape index (κ2) is 9.71. The van der Waals surface area contributed by atoms with Gasteiger partial charge in [0.15, 0.2) is 11.5 Å². The van der Waals surface area contributed by atoms with Gasteiger partial charge in [-0.3, -0.25) is 4.79 Å². The molecule has 0 aromatic heterocycles. The summed E-state index contributed by atoms with van der Waals surface area (Å²) in [5.74, 6) is 3.87. The lowest BCUT2D eigenvalue weighted by Gasteiger charge is -2.32. The van der Waals surface area contributed by atoms with E-state index in [4.69, 9.17) is 9.47 Å². The molecule has 23 heavy (non-hydrogen) atoms. The molecular formula is C18H27NO3S. The molecule has 0 aliphatic carbocycles. The quantitative estimate of drug-likeness (QED) is 0.680. The standard InChI is InChI=1S/C18H27NO3S/c1-3-21-16-7-5-6-8-17(16)22-15-9-12-19(13-10-15)18(20)11-14-23-4-2/h5-8,15H,3-4,9-14H2,1-2H3. The molecule has 1 aliphatic heterocycles. The molecule has 1 aliphatic rings. The zero-order chi connectivity index (χ0) is 16.5. The summed E-state index contributed by atoms with van der Waals surface area (Å²) in [6.45, 7) is 6.30. The van der Waals surface area contributed by atoms with Gasteiger partial charge in [-0.2, -0.15) is 11.8 Å². The minimum Gasteiger partial charge on any atom is -0.490 e. The van der Waals surface area contributed by atoms with Crippen LogP contribution in [-0.2, 0) is 4.79 Å². The molecule has 4 nitrogen and oxygen atoms in total. The zero-order valence-electron chi connectivity index (χ0n) is 14.1. The summed E-state index contributed by atoms with van der Waals surface area (Å²) in [6.07, 6.45) is 2.57. The highest BCUT2D eigenvalue weighted by atomic mass is 32.2. The van der Waals surface area contributed by atoms with E-state index in [0.717, 1.165) is 48.9 Å². The van der Waals surface area contributed by atoms with Crippen molar-refractivity contribution in [3.63, 3.8) is 0 Å². The van der Waals surface area contributed by atoms with Crippen molar-refractivity contribution in [2.75, 3.05) is 31.2 Å². The lowest BCUT2D eigenvalue weighted by Crippen LogP contribution is -2.41. The van der Waals surface area contributed by atoms with Gasteiger partial charge in [0.1, 0.15) is 6.10 Å². The molecule has 128 valence electrons. The van der Waals surface area contributed by atoms with Gasteiger partial charge in [-0.15, -0.1) is 0 Å². The molecule has 0 atom stereocenters. The van der Waals surface area contributed by atoms with E-state index in [0.29, 0.717) is 13.0 Å². The number of nitrogens with zero attached hydrogens (tertiary/aromatic N) is 1. The number of ether oxygens (including phenoxy) is 2. The van der Waals surface area contributed by atoms with Crippen LogP contribution in [0, 0.1) is 0 Å². The summed E-state index contributed by atoms with van der Waals surface area (Å²) in [5.41, 5.74) is 0. The normalized spacial score (nSPS) is 15.5. The molecule has 0 spiro atoms. The van der Waals surface area contributed by atoms with Crippen molar-refractivity contribution in [2.24, 2.45) is 0 Å². The Kier molecular flexibility index (Phi) is 7.59. The average molecular weight is 337 g/mol. The van der Waals surface area contributed by atoms with E-state index in [1.54, 1.807) is 0 Å². The fraction of sp³-hybridized carbons (Fsp3) is 0.611. The Morgan fingerprint density at radius 1 is 1.22 bits per heavy atom. The van der Waals surface area contributed by atoms with Crippen molar-refractivity contribution >= 4 is 17.7 Å². The van der Waals surface area contributed by atoms with Gasteiger partial charge in [-0.1, -0.05) is 19.1 Å². The maximum absolute atomic E-state index is 12.1.